The van der Waals surface area contributed by atoms with Crippen molar-refractivity contribution < 1.29 is 9.53 Å². The Morgan fingerprint density at radius 2 is 2.14 bits per heavy atom. The van der Waals surface area contributed by atoms with Crippen LogP contribution in [0.2, 0.25) is 0 Å². The summed E-state index contributed by atoms with van der Waals surface area (Å²) >= 11 is 0. The lowest BCUT2D eigenvalue weighted by atomic mass is 9.62. The highest BCUT2D eigenvalue weighted by atomic mass is 16.5. The third-order valence-corrected chi connectivity index (χ3v) is 6.44. The van der Waals surface area contributed by atoms with Gasteiger partial charge in [-0.05, 0) is 66.4 Å². The zero-order valence-corrected chi connectivity index (χ0v) is 13.6. The van der Waals surface area contributed by atoms with Crippen molar-refractivity contribution in [2.45, 2.75) is 57.8 Å². The number of allylic oxidation sites excluding steroid dienone is 2. The number of ketones is 1. The van der Waals surface area contributed by atoms with Crippen LogP contribution in [0.4, 0.5) is 0 Å². The molecule has 22 heavy (non-hydrogen) atoms. The van der Waals surface area contributed by atoms with E-state index in [-0.39, 0.29) is 5.41 Å². The van der Waals surface area contributed by atoms with E-state index < -0.39 is 0 Å². The van der Waals surface area contributed by atoms with Crippen LogP contribution in [0.25, 0.3) is 0 Å². The summed E-state index contributed by atoms with van der Waals surface area (Å²) in [5.41, 5.74) is 5.91. The summed E-state index contributed by atoms with van der Waals surface area (Å²) in [6, 6.07) is 4.61. The molecule has 4 rings (SSSR count). The zero-order valence-electron chi connectivity index (χ0n) is 13.6. The van der Waals surface area contributed by atoms with Crippen LogP contribution >= 0.6 is 0 Å². The zero-order chi connectivity index (χ0) is 15.3. The molecular formula is C20H24O2. The number of hydrogen-bond acceptors (Lipinski definition) is 2. The first-order valence-corrected chi connectivity index (χ1v) is 8.59. The van der Waals surface area contributed by atoms with Crippen LogP contribution in [0.3, 0.4) is 0 Å². The van der Waals surface area contributed by atoms with Crippen LogP contribution in [-0.2, 0) is 28.8 Å². The predicted octanol–water partition coefficient (Wildman–Crippen LogP) is 4.10. The molecule has 0 radical (unpaired) electrons. The third-order valence-electron chi connectivity index (χ3n) is 6.44. The minimum atomic E-state index is -0.0522. The summed E-state index contributed by atoms with van der Waals surface area (Å²) in [5, 5.41) is 0. The summed E-state index contributed by atoms with van der Waals surface area (Å²) in [5.74, 6) is 2.07. The maximum Gasteiger partial charge on any atom is 0.139 e. The number of methoxy groups -OCH3 is 1. The molecule has 2 atom stereocenters. The lowest BCUT2D eigenvalue weighted by Crippen LogP contribution is -2.35. The van der Waals surface area contributed by atoms with Crippen LogP contribution in [0.15, 0.2) is 24.0 Å². The van der Waals surface area contributed by atoms with E-state index in [4.69, 9.17) is 4.74 Å². The SMILES string of the molecule is CC[C@]12CCc3c(ccc4c3CC=C(OC)C4)[C@@H]1CCC2=O. The van der Waals surface area contributed by atoms with Gasteiger partial charge in [-0.2, -0.15) is 0 Å². The molecule has 2 nitrogen and oxygen atoms in total. The fraction of sp³-hybridized carbons (Fsp3) is 0.550. The van der Waals surface area contributed by atoms with Gasteiger partial charge in [0.2, 0.25) is 0 Å². The molecule has 2 heteroatoms. The van der Waals surface area contributed by atoms with Crippen molar-refractivity contribution in [2.24, 2.45) is 5.41 Å². The minimum absolute atomic E-state index is 0.0522. The Kier molecular flexibility index (Phi) is 3.18. The van der Waals surface area contributed by atoms with Crippen LogP contribution in [0.1, 0.15) is 60.8 Å². The number of Topliss-reactive ketones (excluding diaryl/α,β-unsaturated/α-hetero) is 1. The Balaban J connectivity index is 1.79. The van der Waals surface area contributed by atoms with E-state index in [0.717, 1.165) is 50.7 Å². The van der Waals surface area contributed by atoms with Crippen molar-refractivity contribution in [3.63, 3.8) is 0 Å². The van der Waals surface area contributed by atoms with Gasteiger partial charge < -0.3 is 4.74 Å². The van der Waals surface area contributed by atoms with E-state index >= 15 is 0 Å². The van der Waals surface area contributed by atoms with Crippen molar-refractivity contribution in [1.82, 2.24) is 0 Å². The molecule has 1 aromatic carbocycles. The molecule has 0 N–H and O–H groups in total. The lowest BCUT2D eigenvalue weighted by molar-refractivity contribution is -0.127. The molecular weight excluding hydrogens is 272 g/mol. The molecule has 1 fully saturated rings. The Hall–Kier alpha value is -1.57. The second kappa shape index (κ2) is 4.97. The first kappa shape index (κ1) is 14.0. The molecule has 0 bridgehead atoms. The van der Waals surface area contributed by atoms with Crippen molar-refractivity contribution in [1.29, 1.82) is 0 Å². The quantitative estimate of drug-likeness (QED) is 0.821. The number of rotatable bonds is 2. The van der Waals surface area contributed by atoms with Crippen LogP contribution in [-0.4, -0.2) is 12.9 Å². The molecule has 0 spiro atoms. The summed E-state index contributed by atoms with van der Waals surface area (Å²) in [4.78, 5) is 12.5. The Labute approximate surface area is 132 Å². The van der Waals surface area contributed by atoms with Crippen molar-refractivity contribution >= 4 is 5.78 Å². The van der Waals surface area contributed by atoms with Gasteiger partial charge >= 0.3 is 0 Å². The van der Waals surface area contributed by atoms with Gasteiger partial charge in [0.05, 0.1) is 12.9 Å². The molecule has 1 aromatic rings. The maximum atomic E-state index is 12.5. The van der Waals surface area contributed by atoms with E-state index in [9.17, 15) is 4.79 Å². The van der Waals surface area contributed by atoms with E-state index in [0.29, 0.717) is 11.7 Å². The molecule has 0 aliphatic heterocycles. The number of fused-ring (bicyclic) bond motifs is 5. The number of benzene rings is 1. The summed E-state index contributed by atoms with van der Waals surface area (Å²) in [6.07, 6.45) is 9.09. The fourth-order valence-corrected chi connectivity index (χ4v) is 5.16. The average Bonchev–Trinajstić information content (AvgIpc) is 2.91. The molecule has 116 valence electrons. The molecule has 3 aliphatic carbocycles. The second-order valence-corrected chi connectivity index (χ2v) is 7.05. The second-order valence-electron chi connectivity index (χ2n) is 7.05. The predicted molar refractivity (Wildman–Crippen MR) is 87.0 cm³/mol. The van der Waals surface area contributed by atoms with Crippen molar-refractivity contribution in [3.05, 3.63) is 46.2 Å². The highest BCUT2D eigenvalue weighted by molar-refractivity contribution is 5.89. The highest BCUT2D eigenvalue weighted by Crippen LogP contribution is 2.56. The van der Waals surface area contributed by atoms with Gasteiger partial charge in [0, 0.05) is 18.3 Å². The Morgan fingerprint density at radius 3 is 2.91 bits per heavy atom. The standard InChI is InChI=1S/C20H24O2/c1-3-20-11-10-16-15-7-5-14(22-2)12-13(15)4-6-17(16)18(20)8-9-19(20)21/h4-6,18H,3,7-12H2,1-2H3/t18-,20-/m0/s1. The van der Waals surface area contributed by atoms with E-state index in [1.54, 1.807) is 12.7 Å². The van der Waals surface area contributed by atoms with Crippen LogP contribution < -0.4 is 0 Å². The summed E-state index contributed by atoms with van der Waals surface area (Å²) in [6.45, 7) is 2.20. The van der Waals surface area contributed by atoms with Gasteiger partial charge in [0.1, 0.15) is 5.78 Å². The number of hydrogen-bond donors (Lipinski definition) is 0. The van der Waals surface area contributed by atoms with Crippen LogP contribution in [0.5, 0.6) is 0 Å². The van der Waals surface area contributed by atoms with Crippen LogP contribution in [0, 0.1) is 5.41 Å². The normalized spacial score (nSPS) is 29.5. The Morgan fingerprint density at radius 1 is 1.27 bits per heavy atom. The maximum absolute atomic E-state index is 12.5. The minimum Gasteiger partial charge on any atom is -0.501 e. The van der Waals surface area contributed by atoms with Gasteiger partial charge in [-0.1, -0.05) is 19.1 Å². The van der Waals surface area contributed by atoms with Gasteiger partial charge in [0.25, 0.3) is 0 Å². The molecule has 1 saturated carbocycles. The van der Waals surface area contributed by atoms with E-state index in [1.807, 2.05) is 0 Å². The number of ether oxygens (including phenoxy) is 1. The summed E-state index contributed by atoms with van der Waals surface area (Å²) < 4.78 is 5.43. The lowest BCUT2D eigenvalue weighted by Gasteiger charge is -2.40. The van der Waals surface area contributed by atoms with Crippen molar-refractivity contribution in [2.75, 3.05) is 7.11 Å². The largest absolute Gasteiger partial charge is 0.501 e. The topological polar surface area (TPSA) is 26.3 Å². The molecule has 3 aliphatic rings. The Bertz CT molecular complexity index is 671. The molecule has 0 unspecified atom stereocenters. The van der Waals surface area contributed by atoms with E-state index in [2.05, 4.69) is 25.1 Å². The first-order valence-electron chi connectivity index (χ1n) is 8.59. The van der Waals surface area contributed by atoms with Gasteiger partial charge in [-0.25, -0.2) is 0 Å². The van der Waals surface area contributed by atoms with E-state index in [1.165, 1.54) is 16.7 Å². The first-order chi connectivity index (χ1) is 10.7. The molecule has 0 amide bonds. The highest BCUT2D eigenvalue weighted by Gasteiger charge is 2.51. The number of carbonyl (C=O) groups is 1. The number of carbonyl (C=O) groups excluding carboxylic acids is 1. The fourth-order valence-electron chi connectivity index (χ4n) is 5.16. The molecule has 0 aromatic heterocycles. The smallest absolute Gasteiger partial charge is 0.139 e. The van der Waals surface area contributed by atoms with Gasteiger partial charge in [-0.15, -0.1) is 0 Å². The monoisotopic (exact) mass is 296 g/mol. The third kappa shape index (κ3) is 1.76. The molecule has 0 heterocycles. The van der Waals surface area contributed by atoms with Gasteiger partial charge in [-0.3, -0.25) is 4.79 Å². The van der Waals surface area contributed by atoms with Gasteiger partial charge in [0.15, 0.2) is 0 Å². The average molecular weight is 296 g/mol. The molecule has 0 saturated heterocycles. The van der Waals surface area contributed by atoms with Crippen molar-refractivity contribution in [3.8, 4) is 0 Å². The summed E-state index contributed by atoms with van der Waals surface area (Å²) in [7, 11) is 1.76.